The molecule has 3 heteroatoms. The fourth-order valence-corrected chi connectivity index (χ4v) is 2.45. The van der Waals surface area contributed by atoms with Crippen molar-refractivity contribution >= 4 is 5.91 Å². The molecule has 0 aromatic rings. The van der Waals surface area contributed by atoms with E-state index in [2.05, 4.69) is 24.1 Å². The molecule has 1 fully saturated rings. The summed E-state index contributed by atoms with van der Waals surface area (Å²) in [6, 6.07) is 0.498. The number of carbonyl (C=O) groups is 1. The Labute approximate surface area is 106 Å². The lowest BCUT2D eigenvalue weighted by Gasteiger charge is -2.37. The first-order valence-corrected chi connectivity index (χ1v) is 7.04. The van der Waals surface area contributed by atoms with Gasteiger partial charge in [-0.25, -0.2) is 0 Å². The van der Waals surface area contributed by atoms with Gasteiger partial charge in [-0.15, -0.1) is 0 Å². The minimum atomic E-state index is 0.0872. The molecule has 1 rings (SSSR count). The molecule has 100 valence electrons. The quantitative estimate of drug-likeness (QED) is 0.799. The van der Waals surface area contributed by atoms with E-state index in [0.717, 1.165) is 6.54 Å². The highest BCUT2D eigenvalue weighted by Gasteiger charge is 2.24. The predicted molar refractivity (Wildman–Crippen MR) is 71.9 cm³/mol. The summed E-state index contributed by atoms with van der Waals surface area (Å²) in [4.78, 5) is 14.2. The maximum Gasteiger partial charge on any atom is 0.222 e. The summed E-state index contributed by atoms with van der Waals surface area (Å²) < 4.78 is 0. The van der Waals surface area contributed by atoms with Crippen LogP contribution < -0.4 is 5.32 Å². The highest BCUT2D eigenvalue weighted by atomic mass is 16.1. The molecule has 0 spiro atoms. The number of rotatable bonds is 5. The molecule has 1 N–H and O–H groups in total. The van der Waals surface area contributed by atoms with Crippen LogP contribution >= 0.6 is 0 Å². The van der Waals surface area contributed by atoms with Crippen molar-refractivity contribution in [1.82, 2.24) is 10.2 Å². The van der Waals surface area contributed by atoms with Gasteiger partial charge in [-0.2, -0.15) is 0 Å². The molecule has 1 unspecified atom stereocenters. The van der Waals surface area contributed by atoms with Crippen molar-refractivity contribution in [2.45, 2.75) is 53.0 Å². The fraction of sp³-hybridized carbons (Fsp3) is 0.929. The SMILES string of the molecule is CC(C)C(=O)NCC(C(C)C)N1CCCCC1. The van der Waals surface area contributed by atoms with Crippen molar-refractivity contribution in [3.63, 3.8) is 0 Å². The zero-order valence-corrected chi connectivity index (χ0v) is 11.8. The summed E-state index contributed by atoms with van der Waals surface area (Å²) in [7, 11) is 0. The number of amides is 1. The lowest BCUT2D eigenvalue weighted by molar-refractivity contribution is -0.124. The first kappa shape index (κ1) is 14.5. The standard InChI is InChI=1S/C14H28N2O/c1-11(2)13(10-15-14(17)12(3)4)16-8-6-5-7-9-16/h11-13H,5-10H2,1-4H3,(H,15,17). The first-order chi connectivity index (χ1) is 8.02. The van der Waals surface area contributed by atoms with E-state index < -0.39 is 0 Å². The molecular weight excluding hydrogens is 212 g/mol. The number of nitrogens with one attached hydrogen (secondary N) is 1. The van der Waals surface area contributed by atoms with Crippen molar-refractivity contribution in [3.8, 4) is 0 Å². The maximum absolute atomic E-state index is 11.6. The molecule has 1 aliphatic heterocycles. The molecular formula is C14H28N2O. The van der Waals surface area contributed by atoms with Gasteiger partial charge in [0.15, 0.2) is 0 Å². The van der Waals surface area contributed by atoms with Gasteiger partial charge < -0.3 is 5.32 Å². The van der Waals surface area contributed by atoms with Crippen LogP contribution in [0.25, 0.3) is 0 Å². The van der Waals surface area contributed by atoms with Gasteiger partial charge in [-0.3, -0.25) is 9.69 Å². The monoisotopic (exact) mass is 240 g/mol. The Kier molecular flexibility index (Phi) is 5.96. The van der Waals surface area contributed by atoms with Crippen molar-refractivity contribution in [1.29, 1.82) is 0 Å². The minimum Gasteiger partial charge on any atom is -0.354 e. The average Bonchev–Trinajstić information content (AvgIpc) is 2.29. The third-order valence-electron chi connectivity index (χ3n) is 3.64. The Hall–Kier alpha value is -0.570. The van der Waals surface area contributed by atoms with Crippen molar-refractivity contribution in [3.05, 3.63) is 0 Å². The summed E-state index contributed by atoms with van der Waals surface area (Å²) >= 11 is 0. The van der Waals surface area contributed by atoms with Crippen LogP contribution in [0.2, 0.25) is 0 Å². The number of piperidine rings is 1. The van der Waals surface area contributed by atoms with E-state index in [-0.39, 0.29) is 11.8 Å². The topological polar surface area (TPSA) is 32.3 Å². The third-order valence-corrected chi connectivity index (χ3v) is 3.64. The average molecular weight is 240 g/mol. The van der Waals surface area contributed by atoms with Crippen LogP contribution in [-0.4, -0.2) is 36.5 Å². The molecule has 1 heterocycles. The van der Waals surface area contributed by atoms with Gasteiger partial charge in [0.05, 0.1) is 0 Å². The van der Waals surface area contributed by atoms with Crippen LogP contribution in [0.3, 0.4) is 0 Å². The van der Waals surface area contributed by atoms with Crippen molar-refractivity contribution in [2.24, 2.45) is 11.8 Å². The molecule has 0 aromatic heterocycles. The number of nitrogens with zero attached hydrogens (tertiary/aromatic N) is 1. The Bertz CT molecular complexity index is 232. The van der Waals surface area contributed by atoms with E-state index in [4.69, 9.17) is 0 Å². The fourth-order valence-electron chi connectivity index (χ4n) is 2.45. The van der Waals surface area contributed by atoms with E-state index in [1.54, 1.807) is 0 Å². The molecule has 17 heavy (non-hydrogen) atoms. The second kappa shape index (κ2) is 7.00. The van der Waals surface area contributed by atoms with E-state index in [9.17, 15) is 4.79 Å². The molecule has 1 amide bonds. The highest BCUT2D eigenvalue weighted by molar-refractivity contribution is 5.77. The summed E-state index contributed by atoms with van der Waals surface area (Å²) in [5, 5.41) is 3.08. The Balaban J connectivity index is 2.45. The molecule has 0 saturated carbocycles. The molecule has 0 bridgehead atoms. The maximum atomic E-state index is 11.6. The lowest BCUT2D eigenvalue weighted by atomic mass is 9.99. The summed E-state index contributed by atoms with van der Waals surface area (Å²) in [5.74, 6) is 0.859. The van der Waals surface area contributed by atoms with Crippen LogP contribution in [-0.2, 0) is 4.79 Å². The number of hydrogen-bond donors (Lipinski definition) is 1. The zero-order valence-electron chi connectivity index (χ0n) is 11.8. The number of hydrogen-bond acceptors (Lipinski definition) is 2. The van der Waals surface area contributed by atoms with E-state index in [0.29, 0.717) is 12.0 Å². The van der Waals surface area contributed by atoms with Crippen LogP contribution in [0.1, 0.15) is 47.0 Å². The minimum absolute atomic E-state index is 0.0872. The summed E-state index contributed by atoms with van der Waals surface area (Å²) in [5.41, 5.74) is 0. The van der Waals surface area contributed by atoms with Gasteiger partial charge in [0.2, 0.25) is 5.91 Å². The van der Waals surface area contributed by atoms with E-state index >= 15 is 0 Å². The Morgan fingerprint density at radius 1 is 1.12 bits per heavy atom. The van der Waals surface area contributed by atoms with Crippen LogP contribution in [0.5, 0.6) is 0 Å². The summed E-state index contributed by atoms with van der Waals surface area (Å²) in [6.07, 6.45) is 3.97. The van der Waals surface area contributed by atoms with Gasteiger partial charge in [0.1, 0.15) is 0 Å². The second-order valence-electron chi connectivity index (χ2n) is 5.81. The van der Waals surface area contributed by atoms with Gasteiger partial charge in [0.25, 0.3) is 0 Å². The second-order valence-corrected chi connectivity index (χ2v) is 5.81. The van der Waals surface area contributed by atoms with Crippen LogP contribution in [0, 0.1) is 11.8 Å². The first-order valence-electron chi connectivity index (χ1n) is 7.04. The van der Waals surface area contributed by atoms with E-state index in [1.165, 1.54) is 32.4 Å². The zero-order chi connectivity index (χ0) is 12.8. The Morgan fingerprint density at radius 2 is 1.71 bits per heavy atom. The molecule has 3 nitrogen and oxygen atoms in total. The molecule has 0 aliphatic carbocycles. The van der Waals surface area contributed by atoms with Crippen molar-refractivity contribution in [2.75, 3.05) is 19.6 Å². The van der Waals surface area contributed by atoms with Crippen LogP contribution in [0.15, 0.2) is 0 Å². The number of likely N-dealkylation sites (tertiary alicyclic amines) is 1. The summed E-state index contributed by atoms with van der Waals surface area (Å²) in [6.45, 7) is 11.6. The number of carbonyl (C=O) groups excluding carboxylic acids is 1. The predicted octanol–water partition coefficient (Wildman–Crippen LogP) is 2.27. The molecule has 1 aliphatic rings. The van der Waals surface area contributed by atoms with Gasteiger partial charge in [-0.05, 0) is 31.8 Å². The molecule has 1 atom stereocenters. The van der Waals surface area contributed by atoms with Crippen LogP contribution in [0.4, 0.5) is 0 Å². The van der Waals surface area contributed by atoms with Gasteiger partial charge >= 0.3 is 0 Å². The third kappa shape index (κ3) is 4.66. The van der Waals surface area contributed by atoms with Crippen molar-refractivity contribution < 1.29 is 4.79 Å². The van der Waals surface area contributed by atoms with E-state index in [1.807, 2.05) is 13.8 Å². The highest BCUT2D eigenvalue weighted by Crippen LogP contribution is 2.17. The molecule has 1 saturated heterocycles. The smallest absolute Gasteiger partial charge is 0.222 e. The Morgan fingerprint density at radius 3 is 2.18 bits per heavy atom. The molecule has 0 radical (unpaired) electrons. The normalized spacial score (nSPS) is 19.6. The molecule has 0 aromatic carbocycles. The lowest BCUT2D eigenvalue weighted by Crippen LogP contribution is -2.49. The largest absolute Gasteiger partial charge is 0.354 e. The van der Waals surface area contributed by atoms with Gasteiger partial charge in [-0.1, -0.05) is 34.1 Å². The van der Waals surface area contributed by atoms with Gasteiger partial charge in [0, 0.05) is 18.5 Å².